The molecule has 1 aliphatic carbocycles. The number of rotatable bonds is 3. The Balaban J connectivity index is 1.41. The van der Waals surface area contributed by atoms with Crippen molar-refractivity contribution >= 4 is 11.9 Å². The Morgan fingerprint density at radius 1 is 0.926 bits per heavy atom. The maximum Gasteiger partial charge on any atom is 0.206 e. The lowest BCUT2D eigenvalue weighted by Crippen LogP contribution is -2.46. The third-order valence-electron chi connectivity index (χ3n) is 5.49. The van der Waals surface area contributed by atoms with E-state index in [4.69, 9.17) is 4.98 Å². The fourth-order valence-electron chi connectivity index (χ4n) is 4.08. The Hall–Kier alpha value is -2.92. The van der Waals surface area contributed by atoms with Gasteiger partial charge in [-0.05, 0) is 23.8 Å². The van der Waals surface area contributed by atoms with Crippen LogP contribution in [0.4, 0.5) is 5.82 Å². The van der Waals surface area contributed by atoms with E-state index in [9.17, 15) is 4.79 Å². The molecule has 4 aliphatic rings. The molecule has 0 unspecified atom stereocenters. The second-order valence-electron chi connectivity index (χ2n) is 7.21. The van der Waals surface area contributed by atoms with E-state index >= 15 is 0 Å². The first-order valence-corrected chi connectivity index (χ1v) is 9.51. The number of anilines is 1. The molecule has 5 nitrogen and oxygen atoms in total. The van der Waals surface area contributed by atoms with Gasteiger partial charge in [-0.25, -0.2) is 4.98 Å². The van der Waals surface area contributed by atoms with Crippen molar-refractivity contribution in [1.82, 2.24) is 14.5 Å². The Kier molecular flexibility index (Phi) is 4.02. The molecule has 1 aromatic rings. The van der Waals surface area contributed by atoms with E-state index in [1.165, 1.54) is 5.56 Å². The van der Waals surface area contributed by atoms with Crippen LogP contribution in [0, 0.1) is 0 Å². The van der Waals surface area contributed by atoms with Crippen molar-refractivity contribution in [2.24, 2.45) is 0 Å². The lowest BCUT2D eigenvalue weighted by molar-refractivity contribution is 0.249. The van der Waals surface area contributed by atoms with Crippen LogP contribution >= 0.6 is 0 Å². The van der Waals surface area contributed by atoms with E-state index in [0.29, 0.717) is 5.69 Å². The largest absolute Gasteiger partial charge is 0.352 e. The summed E-state index contributed by atoms with van der Waals surface area (Å²) in [4.78, 5) is 22.0. The molecule has 3 heterocycles. The van der Waals surface area contributed by atoms with Gasteiger partial charge in [-0.3, -0.25) is 9.69 Å². The summed E-state index contributed by atoms with van der Waals surface area (Å²) in [5.41, 5.74) is 3.97. The fourth-order valence-corrected chi connectivity index (χ4v) is 4.08. The van der Waals surface area contributed by atoms with E-state index in [1.807, 2.05) is 12.1 Å². The van der Waals surface area contributed by atoms with Crippen molar-refractivity contribution in [1.29, 1.82) is 0 Å². The highest BCUT2D eigenvalue weighted by molar-refractivity contribution is 5.71. The molecule has 1 aromatic carbocycles. The van der Waals surface area contributed by atoms with Crippen LogP contribution in [0.5, 0.6) is 0 Å². The summed E-state index contributed by atoms with van der Waals surface area (Å²) in [5, 5.41) is 0. The van der Waals surface area contributed by atoms with Crippen LogP contribution in [-0.2, 0) is 13.1 Å². The van der Waals surface area contributed by atoms with Crippen LogP contribution in [0.25, 0.3) is 17.5 Å². The lowest BCUT2D eigenvalue weighted by atomic mass is 10.1. The van der Waals surface area contributed by atoms with Gasteiger partial charge in [0.1, 0.15) is 5.69 Å². The molecular formula is C22H22N4O. The minimum atomic E-state index is -0.00124. The predicted molar refractivity (Wildman–Crippen MR) is 108 cm³/mol. The van der Waals surface area contributed by atoms with Crippen molar-refractivity contribution in [2.75, 3.05) is 31.1 Å². The zero-order chi connectivity index (χ0) is 18.2. The first-order valence-electron chi connectivity index (χ1n) is 9.51. The topological polar surface area (TPSA) is 41.4 Å². The standard InChI is InChI=1S/C22H22N4O/c27-20-10-4-8-18-21(20)23-22(19-9-5-11-26(18)19)25-14-12-24(13-15-25)16-17-6-2-1-3-7-17/h1-10H,11-16H2. The number of para-hydroxylation sites is 1. The number of piperazine rings is 1. The summed E-state index contributed by atoms with van der Waals surface area (Å²) in [6, 6.07) is 16.0. The van der Waals surface area contributed by atoms with Crippen molar-refractivity contribution < 1.29 is 0 Å². The molecule has 0 bridgehead atoms. The summed E-state index contributed by atoms with van der Waals surface area (Å²) in [5.74, 6) is 0.943. The van der Waals surface area contributed by atoms with Gasteiger partial charge in [-0.2, -0.15) is 0 Å². The van der Waals surface area contributed by atoms with Crippen LogP contribution in [0.2, 0.25) is 0 Å². The molecule has 0 spiro atoms. The zero-order valence-electron chi connectivity index (χ0n) is 15.2. The van der Waals surface area contributed by atoms with E-state index in [-0.39, 0.29) is 5.43 Å². The molecule has 0 amide bonds. The molecule has 0 atom stereocenters. The highest BCUT2D eigenvalue weighted by Crippen LogP contribution is 2.31. The van der Waals surface area contributed by atoms with E-state index in [2.05, 4.69) is 56.9 Å². The van der Waals surface area contributed by atoms with Gasteiger partial charge in [0.2, 0.25) is 5.43 Å². The smallest absolute Gasteiger partial charge is 0.206 e. The number of aromatic nitrogens is 2. The van der Waals surface area contributed by atoms with Crippen LogP contribution in [0.3, 0.4) is 0 Å². The molecule has 136 valence electrons. The SMILES string of the molecule is O=c1cccc2n3c(c(N4CCN(Cc5ccccc5)CC4)nc1-2)C=CC3. The van der Waals surface area contributed by atoms with Gasteiger partial charge in [-0.1, -0.05) is 42.5 Å². The molecule has 0 radical (unpaired) electrons. The molecule has 1 fully saturated rings. The fraction of sp³-hybridized carbons (Fsp3) is 0.273. The average Bonchev–Trinajstić information content (AvgIpc) is 3.20. The number of nitrogens with zero attached hydrogens (tertiary/aromatic N) is 4. The first kappa shape index (κ1) is 16.3. The predicted octanol–water partition coefficient (Wildman–Crippen LogP) is 2.70. The molecule has 27 heavy (non-hydrogen) atoms. The monoisotopic (exact) mass is 358 g/mol. The molecule has 5 rings (SSSR count). The van der Waals surface area contributed by atoms with Gasteiger partial charge in [0.15, 0.2) is 5.82 Å². The second-order valence-corrected chi connectivity index (χ2v) is 7.21. The maximum atomic E-state index is 12.3. The Bertz CT molecular complexity index is 1020. The highest BCUT2D eigenvalue weighted by atomic mass is 16.1. The summed E-state index contributed by atoms with van der Waals surface area (Å²) in [6.07, 6.45) is 4.28. The van der Waals surface area contributed by atoms with Crippen LogP contribution in [-0.4, -0.2) is 40.6 Å². The van der Waals surface area contributed by atoms with Crippen LogP contribution in [0.1, 0.15) is 11.3 Å². The number of hydrogen-bond donors (Lipinski definition) is 0. The maximum absolute atomic E-state index is 12.3. The molecule has 0 saturated carbocycles. The number of benzene rings is 2. The normalized spacial score (nSPS) is 16.8. The van der Waals surface area contributed by atoms with Crippen molar-refractivity contribution in [2.45, 2.75) is 13.1 Å². The summed E-state index contributed by atoms with van der Waals surface area (Å²) in [7, 11) is 0. The first-order chi connectivity index (χ1) is 13.3. The quantitative estimate of drug-likeness (QED) is 0.722. The van der Waals surface area contributed by atoms with E-state index in [1.54, 1.807) is 6.07 Å². The lowest BCUT2D eigenvalue weighted by Gasteiger charge is -2.36. The molecular weight excluding hydrogens is 336 g/mol. The van der Waals surface area contributed by atoms with Crippen LogP contribution < -0.4 is 10.3 Å². The van der Waals surface area contributed by atoms with E-state index < -0.39 is 0 Å². The van der Waals surface area contributed by atoms with Gasteiger partial charge in [0.05, 0.1) is 11.4 Å². The Labute approximate surface area is 158 Å². The van der Waals surface area contributed by atoms with Gasteiger partial charge in [-0.15, -0.1) is 0 Å². The van der Waals surface area contributed by atoms with Crippen molar-refractivity contribution in [3.8, 4) is 11.4 Å². The molecule has 0 aromatic heterocycles. The highest BCUT2D eigenvalue weighted by Gasteiger charge is 2.25. The van der Waals surface area contributed by atoms with Gasteiger partial charge >= 0.3 is 0 Å². The average molecular weight is 358 g/mol. The minimum absolute atomic E-state index is 0.00124. The number of allylic oxidation sites excluding steroid dienone is 1. The summed E-state index contributed by atoms with van der Waals surface area (Å²) < 4.78 is 2.20. The van der Waals surface area contributed by atoms with Gasteiger partial charge < -0.3 is 9.47 Å². The molecule has 5 heteroatoms. The minimum Gasteiger partial charge on any atom is -0.352 e. The second kappa shape index (κ2) is 6.67. The third kappa shape index (κ3) is 2.94. The summed E-state index contributed by atoms with van der Waals surface area (Å²) in [6.45, 7) is 5.63. The van der Waals surface area contributed by atoms with E-state index in [0.717, 1.165) is 56.5 Å². The molecule has 1 saturated heterocycles. The zero-order valence-corrected chi connectivity index (χ0v) is 15.2. The Morgan fingerprint density at radius 3 is 2.56 bits per heavy atom. The van der Waals surface area contributed by atoms with Crippen molar-refractivity contribution in [3.63, 3.8) is 0 Å². The molecule has 3 aliphatic heterocycles. The van der Waals surface area contributed by atoms with Gasteiger partial charge in [0.25, 0.3) is 0 Å². The number of hydrogen-bond acceptors (Lipinski definition) is 4. The van der Waals surface area contributed by atoms with Gasteiger partial charge in [0, 0.05) is 39.3 Å². The van der Waals surface area contributed by atoms with Crippen molar-refractivity contribution in [3.05, 3.63) is 76.1 Å². The summed E-state index contributed by atoms with van der Waals surface area (Å²) >= 11 is 0. The Morgan fingerprint density at radius 2 is 1.74 bits per heavy atom. The number of fused-ring (bicyclic) bond motifs is 3. The molecule has 0 N–H and O–H groups in total. The van der Waals surface area contributed by atoms with Crippen LogP contribution in [0.15, 0.2) is 59.4 Å². The third-order valence-corrected chi connectivity index (χ3v) is 5.49.